The molecule has 2 aromatic carbocycles. The number of rotatable bonds is 6. The van der Waals surface area contributed by atoms with Gasteiger partial charge in [0, 0.05) is 37.7 Å². The van der Waals surface area contributed by atoms with Crippen LogP contribution in [0.1, 0.15) is 23.6 Å². The van der Waals surface area contributed by atoms with Crippen LogP contribution < -0.4 is 20.1 Å². The Kier molecular flexibility index (Phi) is 6.00. The van der Waals surface area contributed by atoms with Crippen molar-refractivity contribution in [3.8, 4) is 11.5 Å². The number of fused-ring (bicyclic) bond motifs is 1. The van der Waals surface area contributed by atoms with Crippen molar-refractivity contribution in [2.45, 2.75) is 32.4 Å². The van der Waals surface area contributed by atoms with E-state index in [1.165, 1.54) is 11.1 Å². The fourth-order valence-electron chi connectivity index (χ4n) is 3.18. The summed E-state index contributed by atoms with van der Waals surface area (Å²) < 4.78 is 11.4. The minimum Gasteiger partial charge on any atom is -0.496 e. The standard InChI is InChI=1S/C21H27N3O2/c1-15-11-17-12-19(25-3)18(13-20(17)26-15)14-24-21(22-2)23-10-9-16-7-5-4-6-8-16/h4-8,12-13,15H,9-11,14H2,1-3H3,(H2,22,23,24). The second-order valence-electron chi connectivity index (χ2n) is 6.49. The van der Waals surface area contributed by atoms with E-state index < -0.39 is 0 Å². The van der Waals surface area contributed by atoms with Gasteiger partial charge in [0.15, 0.2) is 5.96 Å². The predicted octanol–water partition coefficient (Wildman–Crippen LogP) is 2.93. The molecule has 1 aliphatic rings. The van der Waals surface area contributed by atoms with Crippen molar-refractivity contribution in [2.75, 3.05) is 20.7 Å². The number of ether oxygens (including phenoxy) is 2. The van der Waals surface area contributed by atoms with Gasteiger partial charge in [-0.05, 0) is 31.0 Å². The first-order valence-electron chi connectivity index (χ1n) is 9.04. The predicted molar refractivity (Wildman–Crippen MR) is 105 cm³/mol. The van der Waals surface area contributed by atoms with E-state index in [2.05, 4.69) is 58.9 Å². The van der Waals surface area contributed by atoms with Gasteiger partial charge in [-0.25, -0.2) is 0 Å². The monoisotopic (exact) mass is 353 g/mol. The van der Waals surface area contributed by atoms with E-state index in [9.17, 15) is 0 Å². The summed E-state index contributed by atoms with van der Waals surface area (Å²) in [5, 5.41) is 6.70. The van der Waals surface area contributed by atoms with Crippen LogP contribution in [0.3, 0.4) is 0 Å². The third kappa shape index (κ3) is 4.48. The zero-order valence-corrected chi connectivity index (χ0v) is 15.7. The molecule has 0 aliphatic carbocycles. The average molecular weight is 353 g/mol. The van der Waals surface area contributed by atoms with E-state index in [4.69, 9.17) is 9.47 Å². The van der Waals surface area contributed by atoms with Crippen LogP contribution in [0.4, 0.5) is 0 Å². The summed E-state index contributed by atoms with van der Waals surface area (Å²) in [6, 6.07) is 14.6. The summed E-state index contributed by atoms with van der Waals surface area (Å²) in [5.74, 6) is 2.62. The van der Waals surface area contributed by atoms with E-state index in [1.807, 2.05) is 6.07 Å². The molecule has 0 amide bonds. The van der Waals surface area contributed by atoms with Gasteiger partial charge >= 0.3 is 0 Å². The van der Waals surface area contributed by atoms with E-state index >= 15 is 0 Å². The Hall–Kier alpha value is -2.69. The fourth-order valence-corrected chi connectivity index (χ4v) is 3.18. The van der Waals surface area contributed by atoms with Crippen LogP contribution in [-0.2, 0) is 19.4 Å². The number of nitrogens with zero attached hydrogens (tertiary/aromatic N) is 1. The number of benzene rings is 2. The van der Waals surface area contributed by atoms with Crippen LogP contribution in [0, 0.1) is 0 Å². The van der Waals surface area contributed by atoms with Crippen LogP contribution in [0.25, 0.3) is 0 Å². The normalized spacial score (nSPS) is 16.0. The number of guanidine groups is 1. The molecule has 0 aromatic heterocycles. The Bertz CT molecular complexity index is 759. The van der Waals surface area contributed by atoms with Crippen LogP contribution in [0.5, 0.6) is 11.5 Å². The third-order valence-electron chi connectivity index (χ3n) is 4.52. The van der Waals surface area contributed by atoms with Crippen molar-refractivity contribution in [1.29, 1.82) is 0 Å². The van der Waals surface area contributed by atoms with Crippen LogP contribution in [0.15, 0.2) is 47.5 Å². The zero-order chi connectivity index (χ0) is 18.4. The van der Waals surface area contributed by atoms with Gasteiger partial charge in [0.1, 0.15) is 17.6 Å². The molecule has 0 saturated heterocycles. The Morgan fingerprint density at radius 1 is 1.23 bits per heavy atom. The van der Waals surface area contributed by atoms with Gasteiger partial charge in [0.2, 0.25) is 0 Å². The van der Waals surface area contributed by atoms with Gasteiger partial charge in [-0.15, -0.1) is 0 Å². The van der Waals surface area contributed by atoms with E-state index in [0.717, 1.165) is 42.4 Å². The van der Waals surface area contributed by atoms with Gasteiger partial charge in [-0.1, -0.05) is 30.3 Å². The van der Waals surface area contributed by atoms with Gasteiger partial charge in [0.05, 0.1) is 7.11 Å². The summed E-state index contributed by atoms with van der Waals surface area (Å²) in [4.78, 5) is 4.30. The second-order valence-corrected chi connectivity index (χ2v) is 6.49. The Balaban J connectivity index is 1.56. The van der Waals surface area contributed by atoms with Crippen molar-refractivity contribution < 1.29 is 9.47 Å². The lowest BCUT2D eigenvalue weighted by Gasteiger charge is -2.15. The maximum absolute atomic E-state index is 5.86. The smallest absolute Gasteiger partial charge is 0.191 e. The van der Waals surface area contributed by atoms with Crippen molar-refractivity contribution in [3.05, 3.63) is 59.2 Å². The molecule has 3 rings (SSSR count). The van der Waals surface area contributed by atoms with Crippen LogP contribution in [0.2, 0.25) is 0 Å². The summed E-state index contributed by atoms with van der Waals surface area (Å²) in [5.41, 5.74) is 3.58. The van der Waals surface area contributed by atoms with Crippen LogP contribution >= 0.6 is 0 Å². The average Bonchev–Trinajstić information content (AvgIpc) is 3.03. The van der Waals surface area contributed by atoms with Crippen LogP contribution in [-0.4, -0.2) is 32.8 Å². The van der Waals surface area contributed by atoms with E-state index in [1.54, 1.807) is 14.2 Å². The zero-order valence-electron chi connectivity index (χ0n) is 15.7. The maximum atomic E-state index is 5.86. The van der Waals surface area contributed by atoms with E-state index in [0.29, 0.717) is 6.54 Å². The quantitative estimate of drug-likeness (QED) is 0.619. The molecule has 26 heavy (non-hydrogen) atoms. The Morgan fingerprint density at radius 3 is 2.77 bits per heavy atom. The maximum Gasteiger partial charge on any atom is 0.191 e. The molecule has 0 fully saturated rings. The van der Waals surface area contributed by atoms with Crippen molar-refractivity contribution >= 4 is 5.96 Å². The highest BCUT2D eigenvalue weighted by Gasteiger charge is 2.21. The highest BCUT2D eigenvalue weighted by molar-refractivity contribution is 5.79. The molecule has 1 aliphatic heterocycles. The first-order chi connectivity index (χ1) is 12.7. The molecule has 0 bridgehead atoms. The molecule has 0 saturated carbocycles. The molecule has 1 atom stereocenters. The lowest BCUT2D eigenvalue weighted by molar-refractivity contribution is 0.254. The minimum absolute atomic E-state index is 0.227. The molecule has 1 heterocycles. The fraction of sp³-hybridized carbons (Fsp3) is 0.381. The molecule has 0 radical (unpaired) electrons. The topological polar surface area (TPSA) is 54.9 Å². The number of aliphatic imine (C=N–C) groups is 1. The number of hydrogen-bond donors (Lipinski definition) is 2. The van der Waals surface area contributed by atoms with Crippen molar-refractivity contribution in [2.24, 2.45) is 4.99 Å². The number of hydrogen-bond acceptors (Lipinski definition) is 3. The molecule has 1 unspecified atom stereocenters. The van der Waals surface area contributed by atoms with Gasteiger partial charge in [-0.2, -0.15) is 0 Å². The van der Waals surface area contributed by atoms with Crippen molar-refractivity contribution in [1.82, 2.24) is 10.6 Å². The molecule has 138 valence electrons. The number of nitrogens with one attached hydrogen (secondary N) is 2. The van der Waals surface area contributed by atoms with E-state index in [-0.39, 0.29) is 6.10 Å². The lowest BCUT2D eigenvalue weighted by Crippen LogP contribution is -2.37. The highest BCUT2D eigenvalue weighted by atomic mass is 16.5. The molecular formula is C21H27N3O2. The van der Waals surface area contributed by atoms with Gasteiger partial charge in [-0.3, -0.25) is 4.99 Å². The first kappa shape index (κ1) is 18.1. The third-order valence-corrected chi connectivity index (χ3v) is 4.52. The molecule has 5 nitrogen and oxygen atoms in total. The molecule has 2 N–H and O–H groups in total. The molecular weight excluding hydrogens is 326 g/mol. The summed E-state index contributed by atoms with van der Waals surface area (Å²) in [6.45, 7) is 3.54. The molecule has 2 aromatic rings. The minimum atomic E-state index is 0.227. The molecule has 0 spiro atoms. The van der Waals surface area contributed by atoms with Gasteiger partial charge in [0.25, 0.3) is 0 Å². The highest BCUT2D eigenvalue weighted by Crippen LogP contribution is 2.34. The summed E-state index contributed by atoms with van der Waals surface area (Å²) in [6.07, 6.45) is 2.11. The van der Waals surface area contributed by atoms with Crippen molar-refractivity contribution in [3.63, 3.8) is 0 Å². The largest absolute Gasteiger partial charge is 0.496 e. The first-order valence-corrected chi connectivity index (χ1v) is 9.04. The van der Waals surface area contributed by atoms with Gasteiger partial charge < -0.3 is 20.1 Å². The second kappa shape index (κ2) is 8.61. The number of methoxy groups -OCH3 is 1. The Labute approximate surface area is 155 Å². The molecule has 5 heteroatoms. The summed E-state index contributed by atoms with van der Waals surface area (Å²) in [7, 11) is 3.49. The lowest BCUT2D eigenvalue weighted by atomic mass is 10.1. The summed E-state index contributed by atoms with van der Waals surface area (Å²) >= 11 is 0. The SMILES string of the molecule is CN=C(NCCc1ccccc1)NCc1cc2c(cc1OC)CC(C)O2. The Morgan fingerprint density at radius 2 is 2.04 bits per heavy atom.